The Balaban J connectivity index is 1.68. The summed E-state index contributed by atoms with van der Waals surface area (Å²) in [6, 6.07) is 1.89. The molecule has 0 bridgehead atoms. The molecule has 1 aliphatic heterocycles. The van der Waals surface area contributed by atoms with E-state index in [1.165, 1.54) is 12.8 Å². The fourth-order valence-electron chi connectivity index (χ4n) is 2.73. The van der Waals surface area contributed by atoms with Crippen LogP contribution in [0.25, 0.3) is 0 Å². The highest BCUT2D eigenvalue weighted by molar-refractivity contribution is 5.40. The second kappa shape index (κ2) is 5.90. The van der Waals surface area contributed by atoms with E-state index in [0.29, 0.717) is 5.92 Å². The molecule has 2 aromatic heterocycles. The van der Waals surface area contributed by atoms with Crippen molar-refractivity contribution in [2.45, 2.75) is 19.4 Å². The van der Waals surface area contributed by atoms with E-state index < -0.39 is 0 Å². The van der Waals surface area contributed by atoms with Crippen LogP contribution in [0.5, 0.6) is 0 Å². The zero-order chi connectivity index (χ0) is 13.8. The number of hydrogen-bond donors (Lipinski definition) is 1. The monoisotopic (exact) mass is 272 g/mol. The molecular formula is C14H20N6. The van der Waals surface area contributed by atoms with Crippen molar-refractivity contribution in [2.75, 3.05) is 30.4 Å². The molecule has 0 saturated carbocycles. The van der Waals surface area contributed by atoms with Gasteiger partial charge >= 0.3 is 0 Å². The number of nitrogens with zero attached hydrogens (tertiary/aromatic N) is 5. The lowest BCUT2D eigenvalue weighted by Gasteiger charge is -2.33. The topological polar surface area (TPSA) is 58.9 Å². The minimum absolute atomic E-state index is 0.625. The van der Waals surface area contributed by atoms with Crippen LogP contribution in [0.15, 0.2) is 31.0 Å². The van der Waals surface area contributed by atoms with Crippen LogP contribution in [0.2, 0.25) is 0 Å². The zero-order valence-electron chi connectivity index (χ0n) is 11.7. The van der Waals surface area contributed by atoms with Gasteiger partial charge in [-0.2, -0.15) is 4.98 Å². The SMILES string of the molecule is CNc1ccnc(N2CCC[C@@H](Cn3ccnc3)C2)n1. The Labute approximate surface area is 118 Å². The van der Waals surface area contributed by atoms with Crippen LogP contribution in [0.1, 0.15) is 12.8 Å². The van der Waals surface area contributed by atoms with Crippen molar-refractivity contribution >= 4 is 11.8 Å². The van der Waals surface area contributed by atoms with Crippen molar-refractivity contribution < 1.29 is 0 Å². The van der Waals surface area contributed by atoms with E-state index in [-0.39, 0.29) is 0 Å². The first kappa shape index (κ1) is 12.9. The summed E-state index contributed by atoms with van der Waals surface area (Å²) in [6.07, 6.45) is 9.99. The van der Waals surface area contributed by atoms with Crippen LogP contribution in [-0.2, 0) is 6.54 Å². The van der Waals surface area contributed by atoms with Crippen molar-refractivity contribution in [1.82, 2.24) is 19.5 Å². The Morgan fingerprint density at radius 1 is 1.40 bits per heavy atom. The molecule has 1 aliphatic rings. The number of anilines is 2. The number of nitrogens with one attached hydrogen (secondary N) is 1. The highest BCUT2D eigenvalue weighted by Gasteiger charge is 2.22. The second-order valence-corrected chi connectivity index (χ2v) is 5.21. The van der Waals surface area contributed by atoms with Crippen LogP contribution in [-0.4, -0.2) is 39.7 Å². The van der Waals surface area contributed by atoms with E-state index in [0.717, 1.165) is 31.4 Å². The first-order valence-corrected chi connectivity index (χ1v) is 7.06. The second-order valence-electron chi connectivity index (χ2n) is 5.21. The summed E-state index contributed by atoms with van der Waals surface area (Å²) in [4.78, 5) is 15.3. The van der Waals surface area contributed by atoms with Crippen molar-refractivity contribution in [1.29, 1.82) is 0 Å². The minimum atomic E-state index is 0.625. The van der Waals surface area contributed by atoms with Gasteiger partial charge < -0.3 is 14.8 Å². The molecule has 3 rings (SSSR count). The molecule has 0 unspecified atom stereocenters. The molecule has 3 heterocycles. The fraction of sp³-hybridized carbons (Fsp3) is 0.500. The molecule has 1 atom stereocenters. The van der Waals surface area contributed by atoms with Crippen LogP contribution < -0.4 is 10.2 Å². The molecule has 1 N–H and O–H groups in total. The van der Waals surface area contributed by atoms with E-state index in [2.05, 4.69) is 29.7 Å². The van der Waals surface area contributed by atoms with Gasteiger partial charge in [0, 0.05) is 45.3 Å². The third-order valence-electron chi connectivity index (χ3n) is 3.73. The highest BCUT2D eigenvalue weighted by Crippen LogP contribution is 2.22. The summed E-state index contributed by atoms with van der Waals surface area (Å²) >= 11 is 0. The first-order valence-electron chi connectivity index (χ1n) is 7.06. The van der Waals surface area contributed by atoms with Crippen molar-refractivity contribution in [3.05, 3.63) is 31.0 Å². The van der Waals surface area contributed by atoms with Gasteiger partial charge in [0.2, 0.25) is 5.95 Å². The maximum absolute atomic E-state index is 4.53. The smallest absolute Gasteiger partial charge is 0.227 e. The molecule has 0 radical (unpaired) electrons. The Morgan fingerprint density at radius 3 is 3.15 bits per heavy atom. The Hall–Kier alpha value is -2.11. The predicted molar refractivity (Wildman–Crippen MR) is 78.7 cm³/mol. The highest BCUT2D eigenvalue weighted by atomic mass is 15.3. The van der Waals surface area contributed by atoms with Gasteiger partial charge in [0.15, 0.2) is 0 Å². The predicted octanol–water partition coefficient (Wildman–Crippen LogP) is 1.63. The lowest BCUT2D eigenvalue weighted by atomic mass is 9.98. The van der Waals surface area contributed by atoms with E-state index in [9.17, 15) is 0 Å². The molecule has 0 aliphatic carbocycles. The quantitative estimate of drug-likeness (QED) is 0.916. The fourth-order valence-corrected chi connectivity index (χ4v) is 2.73. The van der Waals surface area contributed by atoms with Gasteiger partial charge in [-0.05, 0) is 24.8 Å². The number of aromatic nitrogens is 4. The van der Waals surface area contributed by atoms with Gasteiger partial charge in [-0.1, -0.05) is 0 Å². The van der Waals surface area contributed by atoms with Crippen LogP contribution in [0, 0.1) is 5.92 Å². The number of imidazole rings is 1. The standard InChI is InChI=1S/C14H20N6/c1-15-13-4-5-17-14(18-13)20-7-2-3-12(10-20)9-19-8-6-16-11-19/h4-6,8,11-12H,2-3,7,9-10H2,1H3,(H,15,17,18)/t12-/m0/s1. The van der Waals surface area contributed by atoms with Crippen molar-refractivity contribution in [3.8, 4) is 0 Å². The number of hydrogen-bond acceptors (Lipinski definition) is 5. The Kier molecular flexibility index (Phi) is 3.80. The summed E-state index contributed by atoms with van der Waals surface area (Å²) in [6.45, 7) is 3.06. The van der Waals surface area contributed by atoms with Gasteiger partial charge in [0.05, 0.1) is 6.33 Å². The van der Waals surface area contributed by atoms with E-state index in [1.54, 1.807) is 0 Å². The molecule has 2 aromatic rings. The largest absolute Gasteiger partial charge is 0.373 e. The van der Waals surface area contributed by atoms with Gasteiger partial charge in [0.25, 0.3) is 0 Å². The summed E-state index contributed by atoms with van der Waals surface area (Å²) in [7, 11) is 1.88. The minimum Gasteiger partial charge on any atom is -0.373 e. The molecule has 0 spiro atoms. The lowest BCUT2D eigenvalue weighted by Crippen LogP contribution is -2.38. The molecule has 1 fully saturated rings. The summed E-state index contributed by atoms with van der Waals surface area (Å²) in [5, 5.41) is 3.06. The third kappa shape index (κ3) is 2.89. The number of piperidine rings is 1. The molecule has 1 saturated heterocycles. The zero-order valence-corrected chi connectivity index (χ0v) is 11.7. The third-order valence-corrected chi connectivity index (χ3v) is 3.73. The molecule has 20 heavy (non-hydrogen) atoms. The molecule has 0 aromatic carbocycles. The first-order chi connectivity index (χ1) is 9.85. The summed E-state index contributed by atoms with van der Waals surface area (Å²) in [5.41, 5.74) is 0. The van der Waals surface area contributed by atoms with E-state index in [4.69, 9.17) is 0 Å². The van der Waals surface area contributed by atoms with Crippen LogP contribution in [0.3, 0.4) is 0 Å². The molecule has 6 nitrogen and oxygen atoms in total. The molecule has 0 amide bonds. The Morgan fingerprint density at radius 2 is 2.35 bits per heavy atom. The lowest BCUT2D eigenvalue weighted by molar-refractivity contribution is 0.364. The molecule has 106 valence electrons. The van der Waals surface area contributed by atoms with Crippen LogP contribution >= 0.6 is 0 Å². The maximum atomic E-state index is 4.53. The van der Waals surface area contributed by atoms with E-state index >= 15 is 0 Å². The van der Waals surface area contributed by atoms with Gasteiger partial charge in [-0.3, -0.25) is 0 Å². The maximum Gasteiger partial charge on any atom is 0.227 e. The average Bonchev–Trinajstić information content (AvgIpc) is 3.00. The van der Waals surface area contributed by atoms with E-state index in [1.807, 2.05) is 38.0 Å². The Bertz CT molecular complexity index is 538. The van der Waals surface area contributed by atoms with Crippen molar-refractivity contribution in [2.24, 2.45) is 5.92 Å². The van der Waals surface area contributed by atoms with Gasteiger partial charge in [0.1, 0.15) is 5.82 Å². The van der Waals surface area contributed by atoms with Crippen molar-refractivity contribution in [3.63, 3.8) is 0 Å². The average molecular weight is 272 g/mol. The summed E-state index contributed by atoms with van der Waals surface area (Å²) < 4.78 is 2.15. The summed E-state index contributed by atoms with van der Waals surface area (Å²) in [5.74, 6) is 2.32. The molecular weight excluding hydrogens is 252 g/mol. The normalized spacial score (nSPS) is 19.1. The molecule has 6 heteroatoms. The van der Waals surface area contributed by atoms with Crippen LogP contribution in [0.4, 0.5) is 11.8 Å². The van der Waals surface area contributed by atoms with Gasteiger partial charge in [-0.15, -0.1) is 0 Å². The van der Waals surface area contributed by atoms with Gasteiger partial charge in [-0.25, -0.2) is 9.97 Å². The number of rotatable bonds is 4.